The summed E-state index contributed by atoms with van der Waals surface area (Å²) in [5.41, 5.74) is 2.65. The Morgan fingerprint density at radius 3 is 2.00 bits per heavy atom. The zero-order valence-electron chi connectivity index (χ0n) is 6.56. The number of aryl methyl sites for hydroxylation is 2. The molecule has 0 aromatic heterocycles. The maximum absolute atomic E-state index is 3.09. The smallest absolute Gasteiger partial charge is 0.0128 e. The highest BCUT2D eigenvalue weighted by molar-refractivity contribution is 7.98. The SMILES string of the molecule is CSc1c(C)c[c]cc1C. The van der Waals surface area contributed by atoms with E-state index >= 15 is 0 Å². The molecule has 0 unspecified atom stereocenters. The van der Waals surface area contributed by atoms with Crippen LogP contribution in [0.5, 0.6) is 0 Å². The van der Waals surface area contributed by atoms with Gasteiger partial charge in [0.1, 0.15) is 0 Å². The van der Waals surface area contributed by atoms with Crippen LogP contribution in [0.3, 0.4) is 0 Å². The molecule has 1 radical (unpaired) electrons. The van der Waals surface area contributed by atoms with Crippen molar-refractivity contribution < 1.29 is 0 Å². The Balaban J connectivity index is 3.17. The number of hydrogen-bond acceptors (Lipinski definition) is 1. The van der Waals surface area contributed by atoms with Crippen LogP contribution in [0.25, 0.3) is 0 Å². The Bertz CT molecular complexity index is 208. The number of hydrogen-bond donors (Lipinski definition) is 0. The fraction of sp³-hybridized carbons (Fsp3) is 0.333. The van der Waals surface area contributed by atoms with Crippen molar-refractivity contribution in [3.8, 4) is 0 Å². The van der Waals surface area contributed by atoms with Gasteiger partial charge in [-0.05, 0) is 37.3 Å². The van der Waals surface area contributed by atoms with Crippen molar-refractivity contribution in [3.05, 3.63) is 29.3 Å². The first-order valence-corrected chi connectivity index (χ1v) is 4.49. The quantitative estimate of drug-likeness (QED) is 0.556. The highest BCUT2D eigenvalue weighted by atomic mass is 32.2. The van der Waals surface area contributed by atoms with Gasteiger partial charge in [0.05, 0.1) is 0 Å². The van der Waals surface area contributed by atoms with E-state index in [4.69, 9.17) is 0 Å². The van der Waals surface area contributed by atoms with Crippen molar-refractivity contribution in [2.24, 2.45) is 0 Å². The van der Waals surface area contributed by atoms with Crippen molar-refractivity contribution in [3.63, 3.8) is 0 Å². The number of thioether (sulfide) groups is 1. The van der Waals surface area contributed by atoms with Crippen molar-refractivity contribution in [2.75, 3.05) is 6.26 Å². The van der Waals surface area contributed by atoms with Crippen LogP contribution in [-0.4, -0.2) is 6.26 Å². The van der Waals surface area contributed by atoms with Gasteiger partial charge in [-0.2, -0.15) is 0 Å². The van der Waals surface area contributed by atoms with E-state index in [0.717, 1.165) is 0 Å². The summed E-state index contributed by atoms with van der Waals surface area (Å²) in [6.07, 6.45) is 2.11. The van der Waals surface area contributed by atoms with Crippen LogP contribution in [0.1, 0.15) is 11.1 Å². The molecular weight excluding hydrogens is 140 g/mol. The van der Waals surface area contributed by atoms with E-state index in [1.807, 2.05) is 12.1 Å². The first-order chi connectivity index (χ1) is 4.75. The monoisotopic (exact) mass is 151 g/mol. The highest BCUT2D eigenvalue weighted by Crippen LogP contribution is 2.22. The standard InChI is InChI=1S/C9H11S/c1-7-5-4-6-8(2)9(7)10-3/h5-6H,1-3H3. The van der Waals surface area contributed by atoms with Crippen molar-refractivity contribution in [2.45, 2.75) is 18.7 Å². The van der Waals surface area contributed by atoms with Crippen LogP contribution in [0, 0.1) is 19.9 Å². The zero-order valence-corrected chi connectivity index (χ0v) is 7.38. The van der Waals surface area contributed by atoms with Gasteiger partial charge in [0.25, 0.3) is 0 Å². The average Bonchev–Trinajstić information content (AvgIpc) is 1.88. The van der Waals surface area contributed by atoms with Gasteiger partial charge in [-0.1, -0.05) is 12.1 Å². The lowest BCUT2D eigenvalue weighted by Crippen LogP contribution is -1.82. The fourth-order valence-corrected chi connectivity index (χ4v) is 1.82. The molecule has 0 saturated carbocycles. The third-order valence-corrected chi connectivity index (χ3v) is 2.57. The van der Waals surface area contributed by atoms with Crippen LogP contribution in [0.15, 0.2) is 17.0 Å². The predicted octanol–water partition coefficient (Wildman–Crippen LogP) is 2.83. The molecule has 0 nitrogen and oxygen atoms in total. The van der Waals surface area contributed by atoms with E-state index in [-0.39, 0.29) is 0 Å². The predicted molar refractivity (Wildman–Crippen MR) is 46.5 cm³/mol. The van der Waals surface area contributed by atoms with E-state index in [2.05, 4.69) is 26.2 Å². The Labute approximate surface area is 66.6 Å². The molecule has 10 heavy (non-hydrogen) atoms. The van der Waals surface area contributed by atoms with Gasteiger partial charge in [-0.25, -0.2) is 0 Å². The molecule has 53 valence electrons. The normalized spacial score (nSPS) is 9.90. The van der Waals surface area contributed by atoms with E-state index in [1.165, 1.54) is 16.0 Å². The van der Waals surface area contributed by atoms with Crippen LogP contribution in [0.4, 0.5) is 0 Å². The summed E-state index contributed by atoms with van der Waals surface area (Å²) >= 11 is 1.80. The minimum absolute atomic E-state index is 1.33. The molecule has 0 aliphatic heterocycles. The first-order valence-electron chi connectivity index (χ1n) is 3.27. The molecule has 0 aliphatic rings. The molecule has 0 atom stereocenters. The summed E-state index contributed by atoms with van der Waals surface area (Å²) in [4.78, 5) is 1.39. The topological polar surface area (TPSA) is 0 Å². The summed E-state index contributed by atoms with van der Waals surface area (Å²) in [7, 11) is 0. The zero-order chi connectivity index (χ0) is 7.56. The summed E-state index contributed by atoms with van der Waals surface area (Å²) in [5.74, 6) is 0. The van der Waals surface area contributed by atoms with E-state index in [9.17, 15) is 0 Å². The van der Waals surface area contributed by atoms with Crippen LogP contribution in [0.2, 0.25) is 0 Å². The summed E-state index contributed by atoms with van der Waals surface area (Å²) in [5, 5.41) is 0. The third-order valence-electron chi connectivity index (χ3n) is 1.52. The van der Waals surface area contributed by atoms with Crippen LogP contribution < -0.4 is 0 Å². The number of rotatable bonds is 1. The molecule has 0 spiro atoms. The first kappa shape index (κ1) is 7.67. The summed E-state index contributed by atoms with van der Waals surface area (Å²) < 4.78 is 0. The molecule has 0 aliphatic carbocycles. The highest BCUT2D eigenvalue weighted by Gasteiger charge is 1.97. The Kier molecular flexibility index (Phi) is 2.39. The van der Waals surface area contributed by atoms with Crippen LogP contribution >= 0.6 is 11.8 Å². The van der Waals surface area contributed by atoms with Gasteiger partial charge in [-0.15, -0.1) is 11.8 Å². The van der Waals surface area contributed by atoms with Crippen molar-refractivity contribution in [1.82, 2.24) is 0 Å². The molecule has 1 heteroatoms. The average molecular weight is 151 g/mol. The van der Waals surface area contributed by atoms with Gasteiger partial charge in [0.2, 0.25) is 0 Å². The molecule has 0 bridgehead atoms. The lowest BCUT2D eigenvalue weighted by atomic mass is 10.2. The van der Waals surface area contributed by atoms with E-state index in [0.29, 0.717) is 0 Å². The molecule has 0 N–H and O–H groups in total. The largest absolute Gasteiger partial charge is 0.129 e. The second-order valence-corrected chi connectivity index (χ2v) is 3.17. The third kappa shape index (κ3) is 1.35. The van der Waals surface area contributed by atoms with Gasteiger partial charge in [-0.3, -0.25) is 0 Å². The maximum Gasteiger partial charge on any atom is 0.0128 e. The lowest BCUT2D eigenvalue weighted by Gasteiger charge is -2.03. The van der Waals surface area contributed by atoms with Gasteiger partial charge < -0.3 is 0 Å². The number of benzene rings is 1. The minimum Gasteiger partial charge on any atom is -0.129 e. The van der Waals surface area contributed by atoms with Crippen LogP contribution in [-0.2, 0) is 0 Å². The summed E-state index contributed by atoms with van der Waals surface area (Å²) in [6, 6.07) is 7.14. The molecule has 1 aromatic carbocycles. The van der Waals surface area contributed by atoms with E-state index < -0.39 is 0 Å². The molecular formula is C9H11S. The molecule has 0 fully saturated rings. The van der Waals surface area contributed by atoms with Crippen molar-refractivity contribution >= 4 is 11.8 Å². The van der Waals surface area contributed by atoms with Gasteiger partial charge >= 0.3 is 0 Å². The Hall–Kier alpha value is -0.430. The fourth-order valence-electron chi connectivity index (χ4n) is 1.06. The van der Waals surface area contributed by atoms with Crippen molar-refractivity contribution in [1.29, 1.82) is 0 Å². The van der Waals surface area contributed by atoms with Gasteiger partial charge in [0, 0.05) is 4.90 Å². The molecule has 0 heterocycles. The molecule has 1 aromatic rings. The minimum atomic E-state index is 1.33. The molecule has 1 rings (SSSR count). The van der Waals surface area contributed by atoms with Gasteiger partial charge in [0.15, 0.2) is 0 Å². The molecule has 0 amide bonds. The Morgan fingerprint density at radius 1 is 1.20 bits per heavy atom. The lowest BCUT2D eigenvalue weighted by molar-refractivity contribution is 1.22. The molecule has 0 saturated heterocycles. The second-order valence-electron chi connectivity index (χ2n) is 2.35. The maximum atomic E-state index is 3.09. The Morgan fingerprint density at radius 2 is 1.70 bits per heavy atom. The summed E-state index contributed by atoms with van der Waals surface area (Å²) in [6.45, 7) is 4.24. The second kappa shape index (κ2) is 3.11. The van der Waals surface area contributed by atoms with E-state index in [1.54, 1.807) is 11.8 Å².